The second kappa shape index (κ2) is 9.87. The molecular weight excluding hydrogens is 495 g/mol. The number of allylic oxidation sites excluding steroid dienone is 1. The first-order chi connectivity index (χ1) is 17.1. The summed E-state index contributed by atoms with van der Waals surface area (Å²) in [6.45, 7) is -0.180. The summed E-state index contributed by atoms with van der Waals surface area (Å²) in [5, 5.41) is 18.5. The van der Waals surface area contributed by atoms with Crippen LogP contribution in [0.2, 0.25) is 0 Å². The van der Waals surface area contributed by atoms with Gasteiger partial charge < -0.3 is 10.0 Å². The van der Waals surface area contributed by atoms with Crippen molar-refractivity contribution in [3.63, 3.8) is 0 Å². The van der Waals surface area contributed by atoms with Crippen LogP contribution < -0.4 is 4.90 Å². The average molecular weight is 518 g/mol. The highest BCUT2D eigenvalue weighted by atomic mass is 32.2. The van der Waals surface area contributed by atoms with Gasteiger partial charge in [-0.2, -0.15) is 18.4 Å². The molecule has 0 saturated carbocycles. The number of amides is 2. The monoisotopic (exact) mass is 517 g/mol. The summed E-state index contributed by atoms with van der Waals surface area (Å²) in [4.78, 5) is 29.3. The first-order valence-electron chi connectivity index (χ1n) is 11.1. The molecule has 11 heteroatoms. The number of nitrogens with zero attached hydrogens (tertiary/aromatic N) is 3. The van der Waals surface area contributed by atoms with Crippen LogP contribution in [0.4, 0.5) is 23.7 Å². The van der Waals surface area contributed by atoms with Gasteiger partial charge >= 0.3 is 12.2 Å². The Bertz CT molecular complexity index is 1330. The Labute approximate surface area is 207 Å². The maximum atomic E-state index is 13.6. The van der Waals surface area contributed by atoms with Gasteiger partial charge in [0.2, 0.25) is 0 Å². The van der Waals surface area contributed by atoms with Crippen molar-refractivity contribution in [2.45, 2.75) is 36.4 Å². The van der Waals surface area contributed by atoms with Crippen molar-refractivity contribution in [2.75, 3.05) is 24.3 Å². The van der Waals surface area contributed by atoms with Gasteiger partial charge in [0.15, 0.2) is 5.78 Å². The average Bonchev–Trinajstić information content (AvgIpc) is 3.23. The van der Waals surface area contributed by atoms with E-state index >= 15 is 0 Å². The number of aliphatic hydroxyl groups is 1. The number of Topliss-reactive ketones (excluding diaryl/α,β-unsaturated/α-hetero) is 1. The van der Waals surface area contributed by atoms with Gasteiger partial charge in [-0.1, -0.05) is 12.1 Å². The minimum absolute atomic E-state index is 0.00565. The molecule has 7 nitrogen and oxygen atoms in total. The number of hydrogen-bond donors (Lipinski definition) is 1. The minimum atomic E-state index is -4.61. The Morgan fingerprint density at radius 1 is 1.17 bits per heavy atom. The molecule has 2 atom stereocenters. The van der Waals surface area contributed by atoms with Crippen LogP contribution in [0, 0.1) is 11.3 Å². The number of carbonyl (C=O) groups excluding carboxylic acids is 2. The molecule has 36 heavy (non-hydrogen) atoms. The highest BCUT2D eigenvalue weighted by Gasteiger charge is 2.45. The molecule has 1 aliphatic carbocycles. The summed E-state index contributed by atoms with van der Waals surface area (Å²) in [7, 11) is -0.201. The van der Waals surface area contributed by atoms with Gasteiger partial charge in [-0.25, -0.2) is 4.79 Å². The van der Waals surface area contributed by atoms with Crippen LogP contribution in [0.5, 0.6) is 0 Å². The molecule has 0 bridgehead atoms. The Morgan fingerprint density at radius 3 is 2.58 bits per heavy atom. The Hall–Kier alpha value is -3.49. The normalized spacial score (nSPS) is 18.9. The number of aliphatic hydroxyl groups excluding tert-OH is 1. The topological polar surface area (TPSA) is 102 Å². The largest absolute Gasteiger partial charge is 0.416 e. The van der Waals surface area contributed by atoms with Gasteiger partial charge in [-0.15, -0.1) is 0 Å². The molecule has 2 aromatic carbocycles. The second-order valence-electron chi connectivity index (χ2n) is 8.45. The number of halogens is 3. The number of ketones is 1. The van der Waals surface area contributed by atoms with Crippen molar-refractivity contribution in [1.82, 2.24) is 4.90 Å². The third-order valence-electron chi connectivity index (χ3n) is 6.23. The number of carbonyl (C=O) groups is 2. The number of alkyl halides is 3. The molecule has 188 valence electrons. The van der Waals surface area contributed by atoms with Crippen LogP contribution in [0.1, 0.15) is 42.0 Å². The predicted molar refractivity (Wildman–Crippen MR) is 125 cm³/mol. The molecule has 0 fully saturated rings. The molecule has 2 amide bonds. The number of nitriles is 1. The molecule has 4 rings (SSSR count). The summed E-state index contributed by atoms with van der Waals surface area (Å²) < 4.78 is 53.1. The van der Waals surface area contributed by atoms with Gasteiger partial charge in [0.25, 0.3) is 0 Å². The standard InChI is InChI=1S/C25H22F3N3O4S/c1-30-23(18-7-6-15(14-29)12-21(18)36(35)11-3-10-32)22-19(8-9-20(22)33)31(24(30)34)17-5-2-4-16(13-17)25(26,27)28/h2,4-7,12-13,23,32H,3,8-11H2,1H3/t23-,36?/m1/s1. The number of rotatable bonds is 6. The van der Waals surface area contributed by atoms with E-state index in [1.165, 1.54) is 36.2 Å². The summed E-state index contributed by atoms with van der Waals surface area (Å²) >= 11 is 0. The van der Waals surface area contributed by atoms with Gasteiger partial charge in [0.1, 0.15) is 0 Å². The Kier molecular flexibility index (Phi) is 7.02. The lowest BCUT2D eigenvalue weighted by Crippen LogP contribution is -2.48. The van der Waals surface area contributed by atoms with Crippen LogP contribution in [0.3, 0.4) is 0 Å². The number of anilines is 1. The molecule has 0 saturated heterocycles. The quantitative estimate of drug-likeness (QED) is 0.616. The maximum absolute atomic E-state index is 13.6. The SMILES string of the molecule is CN1C(=O)N(c2cccc(C(F)(F)F)c2)C2=C(C(=O)CC2)[C@H]1c1ccc(C#N)cc1S(=O)CCCO. The highest BCUT2D eigenvalue weighted by Crippen LogP contribution is 2.46. The fourth-order valence-corrected chi connectivity index (χ4v) is 5.88. The molecule has 1 N–H and O–H groups in total. The van der Waals surface area contributed by atoms with E-state index in [9.17, 15) is 32.2 Å². The lowest BCUT2D eigenvalue weighted by atomic mass is 9.92. The number of benzene rings is 2. The third-order valence-corrected chi connectivity index (χ3v) is 7.73. The van der Waals surface area contributed by atoms with E-state index in [2.05, 4.69) is 0 Å². The van der Waals surface area contributed by atoms with Gasteiger partial charge in [-0.3, -0.25) is 13.9 Å². The minimum Gasteiger partial charge on any atom is -0.396 e. The molecular formula is C25H22F3N3O4S. The van der Waals surface area contributed by atoms with E-state index in [1.807, 2.05) is 6.07 Å². The molecule has 1 unspecified atom stereocenters. The Balaban J connectivity index is 1.88. The number of hydrogen-bond acceptors (Lipinski definition) is 5. The van der Waals surface area contributed by atoms with Gasteiger partial charge in [-0.05, 0) is 48.7 Å². The number of likely N-dealkylation sites (N-methyl/N-ethyl adjacent to an activating group) is 1. The summed E-state index contributed by atoms with van der Waals surface area (Å²) in [6.07, 6.45) is -4.11. The Morgan fingerprint density at radius 2 is 1.92 bits per heavy atom. The molecule has 0 aromatic heterocycles. The second-order valence-corrected chi connectivity index (χ2v) is 9.99. The maximum Gasteiger partial charge on any atom is 0.416 e. The van der Waals surface area contributed by atoms with E-state index in [0.29, 0.717) is 11.3 Å². The van der Waals surface area contributed by atoms with Crippen molar-refractivity contribution >= 4 is 28.3 Å². The van der Waals surface area contributed by atoms with Crippen molar-refractivity contribution in [3.05, 3.63) is 70.4 Å². The fraction of sp³-hybridized carbons (Fsp3) is 0.320. The zero-order valence-corrected chi connectivity index (χ0v) is 20.0. The first-order valence-corrected chi connectivity index (χ1v) is 12.4. The zero-order chi connectivity index (χ0) is 26.2. The van der Waals surface area contributed by atoms with Crippen LogP contribution in [0.25, 0.3) is 0 Å². The van der Waals surface area contributed by atoms with E-state index < -0.39 is 34.6 Å². The van der Waals surface area contributed by atoms with Crippen LogP contribution >= 0.6 is 0 Å². The molecule has 2 aliphatic rings. The van der Waals surface area contributed by atoms with E-state index in [0.717, 1.165) is 17.0 Å². The van der Waals surface area contributed by atoms with Crippen LogP contribution in [-0.2, 0) is 21.8 Å². The molecule has 1 heterocycles. The van der Waals surface area contributed by atoms with Gasteiger partial charge in [0.05, 0.1) is 39.7 Å². The lowest BCUT2D eigenvalue weighted by molar-refractivity contribution is -0.137. The molecule has 0 spiro atoms. The van der Waals surface area contributed by atoms with Crippen LogP contribution in [0.15, 0.2) is 58.6 Å². The molecule has 0 radical (unpaired) electrons. The van der Waals surface area contributed by atoms with E-state index in [1.54, 1.807) is 6.07 Å². The first kappa shape index (κ1) is 25.6. The van der Waals surface area contributed by atoms with Gasteiger partial charge in [0, 0.05) is 42.0 Å². The highest BCUT2D eigenvalue weighted by molar-refractivity contribution is 7.85. The summed E-state index contributed by atoms with van der Waals surface area (Å²) in [5.41, 5.74) is 0.274. The molecule has 1 aliphatic heterocycles. The van der Waals surface area contributed by atoms with Crippen molar-refractivity contribution in [2.24, 2.45) is 0 Å². The van der Waals surface area contributed by atoms with Crippen LogP contribution in [-0.4, -0.2) is 45.4 Å². The summed E-state index contributed by atoms with van der Waals surface area (Å²) in [5.74, 6) is -0.151. The summed E-state index contributed by atoms with van der Waals surface area (Å²) in [6, 6.07) is 9.29. The predicted octanol–water partition coefficient (Wildman–Crippen LogP) is 4.30. The van der Waals surface area contributed by atoms with E-state index in [-0.39, 0.29) is 59.1 Å². The van der Waals surface area contributed by atoms with Crippen molar-refractivity contribution in [1.29, 1.82) is 5.26 Å². The van der Waals surface area contributed by atoms with E-state index in [4.69, 9.17) is 5.11 Å². The number of urea groups is 1. The third kappa shape index (κ3) is 4.54. The van der Waals surface area contributed by atoms with Crippen molar-refractivity contribution in [3.8, 4) is 6.07 Å². The fourth-order valence-electron chi connectivity index (χ4n) is 4.57. The smallest absolute Gasteiger partial charge is 0.396 e. The lowest BCUT2D eigenvalue weighted by Gasteiger charge is -2.41. The molecule has 2 aromatic rings. The zero-order valence-electron chi connectivity index (χ0n) is 19.2. The van der Waals surface area contributed by atoms with Crippen molar-refractivity contribution < 1.29 is 32.1 Å².